The third-order valence-corrected chi connectivity index (χ3v) is 15.9. The van der Waals surface area contributed by atoms with Gasteiger partial charge in [0.05, 0.1) is 36.1 Å². The molecule has 0 aromatic carbocycles. The SMILES string of the molecule is CC(O)OC1C(O)[C@H](O[C@H]2CC[C@]34C[C@]35CCC3(C)C([C@@]6(C)CCC(C(C)(C)O)O6)[C@@H](O)C[C@@]3(C)C5CCC4C2(C)C)OC[C@H]1O. The molecule has 2 saturated heterocycles. The van der Waals surface area contributed by atoms with Crippen LogP contribution in [-0.2, 0) is 18.9 Å². The van der Waals surface area contributed by atoms with Crippen LogP contribution >= 0.6 is 0 Å². The highest BCUT2D eigenvalue weighted by Crippen LogP contribution is 2.89. The largest absolute Gasteiger partial charge is 0.393 e. The summed E-state index contributed by atoms with van der Waals surface area (Å²) in [5.41, 5.74) is -0.947. The minimum atomic E-state index is -1.20. The highest BCUT2D eigenvalue weighted by atomic mass is 16.7. The molecule has 0 aromatic heterocycles. The fraction of sp³-hybridized carbons (Fsp3) is 1.00. The zero-order chi connectivity index (χ0) is 33.5. The average molecular weight is 651 g/mol. The van der Waals surface area contributed by atoms with Crippen LogP contribution in [0, 0.1) is 44.8 Å². The second-order valence-corrected chi connectivity index (χ2v) is 18.8. The Balaban J connectivity index is 1.10. The van der Waals surface area contributed by atoms with E-state index in [1.807, 2.05) is 13.8 Å². The molecule has 0 aromatic rings. The van der Waals surface area contributed by atoms with Crippen molar-refractivity contribution in [3.63, 3.8) is 0 Å². The van der Waals surface area contributed by atoms with Gasteiger partial charge >= 0.3 is 0 Å². The third-order valence-electron chi connectivity index (χ3n) is 15.9. The summed E-state index contributed by atoms with van der Waals surface area (Å²) < 4.78 is 24.6. The first kappa shape index (κ1) is 34.1. The quantitative estimate of drug-likeness (QED) is 0.211. The van der Waals surface area contributed by atoms with Gasteiger partial charge in [-0.05, 0) is 131 Å². The Morgan fingerprint density at radius 3 is 2.15 bits per heavy atom. The molecular formula is C37H62O9. The number of hydrogen-bond acceptors (Lipinski definition) is 9. The van der Waals surface area contributed by atoms with Gasteiger partial charge in [0.1, 0.15) is 18.3 Å². The number of ether oxygens (including phenoxy) is 4. The molecule has 0 bridgehead atoms. The summed E-state index contributed by atoms with van der Waals surface area (Å²) in [6.45, 7) is 17.0. The van der Waals surface area contributed by atoms with Crippen molar-refractivity contribution < 1.29 is 44.5 Å². The lowest BCUT2D eigenvalue weighted by Gasteiger charge is -2.64. The van der Waals surface area contributed by atoms with Gasteiger partial charge in [0.25, 0.3) is 0 Å². The van der Waals surface area contributed by atoms with Crippen LogP contribution in [0.15, 0.2) is 0 Å². The molecule has 9 nitrogen and oxygen atoms in total. The van der Waals surface area contributed by atoms with Crippen molar-refractivity contribution in [3.05, 3.63) is 0 Å². The maximum absolute atomic E-state index is 11.9. The lowest BCUT2D eigenvalue weighted by molar-refractivity contribution is -0.320. The Hall–Kier alpha value is -0.360. The lowest BCUT2D eigenvalue weighted by Crippen LogP contribution is -2.61. The number of fused-ring (bicyclic) bond motifs is 2. The molecule has 5 aliphatic carbocycles. The number of aliphatic hydroxyl groups is 5. The van der Waals surface area contributed by atoms with Crippen molar-refractivity contribution >= 4 is 0 Å². The molecule has 264 valence electrons. The smallest absolute Gasteiger partial charge is 0.186 e. The van der Waals surface area contributed by atoms with Gasteiger partial charge in [0, 0.05) is 5.92 Å². The highest BCUT2D eigenvalue weighted by molar-refractivity contribution is 5.32. The van der Waals surface area contributed by atoms with E-state index in [1.54, 1.807) is 0 Å². The predicted octanol–water partition coefficient (Wildman–Crippen LogP) is 4.29. The monoisotopic (exact) mass is 650 g/mol. The molecule has 0 radical (unpaired) electrons. The topological polar surface area (TPSA) is 138 Å². The van der Waals surface area contributed by atoms with Crippen molar-refractivity contribution in [1.82, 2.24) is 0 Å². The van der Waals surface area contributed by atoms with Crippen LogP contribution in [0.3, 0.4) is 0 Å². The van der Waals surface area contributed by atoms with E-state index in [0.717, 1.165) is 51.4 Å². The first-order valence-corrected chi connectivity index (χ1v) is 18.3. The van der Waals surface area contributed by atoms with Crippen LogP contribution < -0.4 is 0 Å². The normalized spacial score (nSPS) is 56.8. The van der Waals surface area contributed by atoms with Gasteiger partial charge in [0.15, 0.2) is 12.6 Å². The first-order valence-electron chi connectivity index (χ1n) is 18.3. The van der Waals surface area contributed by atoms with Gasteiger partial charge in [-0.1, -0.05) is 27.7 Å². The molecule has 2 heterocycles. The van der Waals surface area contributed by atoms with Crippen molar-refractivity contribution in [2.75, 3.05) is 6.61 Å². The standard InChI is InChI=1S/C37H62O9/c1-20(38)44-28-22(40)18-43-30(27(28)41)45-25-12-14-36-19-37(36)16-15-33(6)29(35(8)13-11-26(46-35)32(4,5)42)21(39)17-34(33,7)24(37)10-9-23(36)31(25,2)3/h20-30,38-42H,9-19H2,1-8H3/t20?,21-,22+,23?,24?,25-,26?,27?,28?,29?,30-,33?,34-,35+,36+,37-/m0/s1. The van der Waals surface area contributed by atoms with Crippen LogP contribution in [0.2, 0.25) is 0 Å². The van der Waals surface area contributed by atoms with Gasteiger partial charge < -0.3 is 44.5 Å². The fourth-order valence-electron chi connectivity index (χ4n) is 13.8. The molecular weight excluding hydrogens is 588 g/mol. The van der Waals surface area contributed by atoms with Gasteiger partial charge in [-0.15, -0.1) is 0 Å². The molecule has 5 saturated carbocycles. The summed E-state index contributed by atoms with van der Waals surface area (Å²) in [6, 6.07) is 0. The third kappa shape index (κ3) is 4.51. The molecule has 0 amide bonds. The number of hydrogen-bond donors (Lipinski definition) is 5. The van der Waals surface area contributed by atoms with Crippen molar-refractivity contribution in [3.8, 4) is 0 Å². The molecule has 2 spiro atoms. The molecule has 46 heavy (non-hydrogen) atoms. The summed E-state index contributed by atoms with van der Waals surface area (Å²) >= 11 is 0. The molecule has 7 rings (SSSR count). The molecule has 9 heteroatoms. The molecule has 7 fully saturated rings. The molecule has 7 aliphatic rings. The minimum Gasteiger partial charge on any atom is -0.393 e. The van der Waals surface area contributed by atoms with Gasteiger partial charge in [0.2, 0.25) is 0 Å². The van der Waals surface area contributed by atoms with E-state index < -0.39 is 48.2 Å². The Morgan fingerprint density at radius 2 is 1.50 bits per heavy atom. The molecule has 8 unspecified atom stereocenters. The molecule has 2 aliphatic heterocycles. The highest BCUT2D eigenvalue weighted by Gasteiger charge is 2.83. The predicted molar refractivity (Wildman–Crippen MR) is 170 cm³/mol. The van der Waals surface area contributed by atoms with E-state index in [-0.39, 0.29) is 51.8 Å². The number of aliphatic hydroxyl groups excluding tert-OH is 4. The summed E-state index contributed by atoms with van der Waals surface area (Å²) in [5.74, 6) is 1.09. The van der Waals surface area contributed by atoms with E-state index >= 15 is 0 Å². The number of rotatable bonds is 6. The molecule has 5 N–H and O–H groups in total. The summed E-state index contributed by atoms with van der Waals surface area (Å²) in [4.78, 5) is 0. The second-order valence-electron chi connectivity index (χ2n) is 18.8. The van der Waals surface area contributed by atoms with Crippen LogP contribution in [0.5, 0.6) is 0 Å². The minimum absolute atomic E-state index is 0.0141. The maximum Gasteiger partial charge on any atom is 0.186 e. The van der Waals surface area contributed by atoms with E-state index in [1.165, 1.54) is 19.8 Å². The fourth-order valence-corrected chi connectivity index (χ4v) is 13.8. The lowest BCUT2D eigenvalue weighted by atomic mass is 9.41. The van der Waals surface area contributed by atoms with Crippen molar-refractivity contribution in [2.45, 2.75) is 180 Å². The van der Waals surface area contributed by atoms with Gasteiger partial charge in [-0.25, -0.2) is 0 Å². The van der Waals surface area contributed by atoms with E-state index in [2.05, 4.69) is 34.6 Å². The zero-order valence-electron chi connectivity index (χ0n) is 29.5. The van der Waals surface area contributed by atoms with Crippen molar-refractivity contribution in [1.29, 1.82) is 0 Å². The van der Waals surface area contributed by atoms with E-state index in [4.69, 9.17) is 18.9 Å². The Bertz CT molecular complexity index is 1190. The Morgan fingerprint density at radius 1 is 0.826 bits per heavy atom. The first-order chi connectivity index (χ1) is 21.3. The Kier molecular flexibility index (Phi) is 7.84. The average Bonchev–Trinajstić information content (AvgIpc) is 3.33. The van der Waals surface area contributed by atoms with E-state index in [0.29, 0.717) is 11.8 Å². The van der Waals surface area contributed by atoms with Crippen molar-refractivity contribution in [2.24, 2.45) is 44.8 Å². The maximum atomic E-state index is 11.9. The zero-order valence-corrected chi connectivity index (χ0v) is 29.5. The van der Waals surface area contributed by atoms with Crippen LogP contribution in [-0.4, -0.2) is 92.5 Å². The summed E-state index contributed by atoms with van der Waals surface area (Å²) in [7, 11) is 0. The molecule has 16 atom stereocenters. The second kappa shape index (κ2) is 10.6. The summed E-state index contributed by atoms with van der Waals surface area (Å²) in [6.07, 6.45) is 4.34. The van der Waals surface area contributed by atoms with Crippen LogP contribution in [0.4, 0.5) is 0 Å². The van der Waals surface area contributed by atoms with E-state index in [9.17, 15) is 25.5 Å². The van der Waals surface area contributed by atoms with Crippen LogP contribution in [0.1, 0.15) is 120 Å². The summed E-state index contributed by atoms with van der Waals surface area (Å²) in [5, 5.41) is 53.9. The Labute approximate surface area is 275 Å². The van der Waals surface area contributed by atoms with Gasteiger partial charge in [-0.3, -0.25) is 0 Å². The van der Waals surface area contributed by atoms with Crippen LogP contribution in [0.25, 0.3) is 0 Å². The van der Waals surface area contributed by atoms with Gasteiger partial charge in [-0.2, -0.15) is 0 Å².